The summed E-state index contributed by atoms with van der Waals surface area (Å²) in [5, 5.41) is 17.4. The molecule has 0 fully saturated rings. The van der Waals surface area contributed by atoms with E-state index in [-0.39, 0.29) is 0 Å². The van der Waals surface area contributed by atoms with Gasteiger partial charge in [-0.3, -0.25) is 0 Å². The number of carbonyl (C=O) groups excluding carboxylic acids is 1. The van der Waals surface area contributed by atoms with E-state index in [1.165, 1.54) is 0 Å². The van der Waals surface area contributed by atoms with Gasteiger partial charge in [0.2, 0.25) is 0 Å². The summed E-state index contributed by atoms with van der Waals surface area (Å²) < 4.78 is 0. The monoisotopic (exact) mass is 111 g/mol. The lowest BCUT2D eigenvalue weighted by molar-refractivity contribution is -0.298. The van der Waals surface area contributed by atoms with Gasteiger partial charge >= 0.3 is 5.71 Å². The van der Waals surface area contributed by atoms with Gasteiger partial charge in [-0.05, 0) is 0 Å². The predicted octanol–water partition coefficient (Wildman–Crippen LogP) is -2.06. The van der Waals surface area contributed by atoms with Crippen molar-refractivity contribution in [3.8, 4) is 6.07 Å². The van der Waals surface area contributed by atoms with Gasteiger partial charge in [-0.1, -0.05) is 0 Å². The van der Waals surface area contributed by atoms with Gasteiger partial charge in [-0.2, -0.15) is 5.26 Å². The molecule has 0 amide bonds. The summed E-state index contributed by atoms with van der Waals surface area (Å²) in [6, 6.07) is 1.15. The van der Waals surface area contributed by atoms with Crippen LogP contribution in [0.1, 0.15) is 0 Å². The first-order valence-corrected chi connectivity index (χ1v) is 1.58. The zero-order valence-corrected chi connectivity index (χ0v) is 3.71. The number of hydrogen-bond donors (Lipinski definition) is 1. The maximum atomic E-state index is 9.58. The van der Waals surface area contributed by atoms with Crippen molar-refractivity contribution in [2.45, 2.75) is 0 Å². The lowest BCUT2D eigenvalue weighted by Crippen LogP contribution is -2.31. The molecule has 0 rings (SSSR count). The minimum absolute atomic E-state index is 0.912. The maximum absolute atomic E-state index is 9.58. The number of nitriles is 1. The number of carboxylic acid groups (broad SMARTS) is 1. The van der Waals surface area contributed by atoms with E-state index in [1.807, 2.05) is 0 Å². The number of carboxylic acids is 1. The molecule has 0 aliphatic rings. The van der Waals surface area contributed by atoms with E-state index in [0.717, 1.165) is 6.07 Å². The third-order valence-electron chi connectivity index (χ3n) is 0.411. The van der Waals surface area contributed by atoms with E-state index < -0.39 is 11.7 Å². The summed E-state index contributed by atoms with van der Waals surface area (Å²) in [6.07, 6.45) is 0. The van der Waals surface area contributed by atoms with E-state index in [2.05, 4.69) is 4.79 Å². The molecule has 0 radical (unpaired) electrons. The summed E-state index contributed by atoms with van der Waals surface area (Å²) in [6.45, 7) is 0. The second-order valence-electron chi connectivity index (χ2n) is 0.860. The Kier molecular flexibility index (Phi) is 1.98. The molecule has 0 aliphatic carbocycles. The second kappa shape index (κ2) is 2.50. The molecule has 5 heteroatoms. The first kappa shape index (κ1) is 6.34. The fraction of sp³-hybridized carbons (Fsp3) is 0. The largest absolute Gasteiger partial charge is 0.538 e. The van der Waals surface area contributed by atoms with Crippen molar-refractivity contribution in [1.29, 1.82) is 10.8 Å². The second-order valence-corrected chi connectivity index (χ2v) is 0.860. The average molecular weight is 111 g/mol. The zero-order valence-electron chi connectivity index (χ0n) is 3.71. The number of nitrogens with zero attached hydrogens (tertiary/aromatic N) is 2. The van der Waals surface area contributed by atoms with Gasteiger partial charge in [-0.25, -0.2) is 0 Å². The molecule has 0 heterocycles. The number of nitrogens with one attached hydrogen (secondary N) is 1. The molecule has 40 valence electrons. The van der Waals surface area contributed by atoms with E-state index in [9.17, 15) is 9.90 Å². The topological polar surface area (TPSA) is 102 Å². The average Bonchev–Trinajstić information content (AvgIpc) is 1.69. The number of hydrogen-bond acceptors (Lipinski definition) is 4. The van der Waals surface area contributed by atoms with Crippen molar-refractivity contribution in [3.05, 3.63) is 0 Å². The van der Waals surface area contributed by atoms with Crippen LogP contribution in [0.5, 0.6) is 0 Å². The van der Waals surface area contributed by atoms with Crippen molar-refractivity contribution in [1.82, 2.24) is 0 Å². The molecule has 0 saturated heterocycles. The van der Waals surface area contributed by atoms with Crippen LogP contribution in [0.2, 0.25) is 0 Å². The summed E-state index contributed by atoms with van der Waals surface area (Å²) in [4.78, 5) is 11.9. The first-order chi connectivity index (χ1) is 3.72. The highest BCUT2D eigenvalue weighted by molar-refractivity contribution is 6.38. The van der Waals surface area contributed by atoms with E-state index in [1.54, 1.807) is 0 Å². The van der Waals surface area contributed by atoms with Crippen LogP contribution in [0.25, 0.3) is 0 Å². The Bertz CT molecular complexity index is 195. The molecule has 0 aliphatic heterocycles. The molecule has 0 atom stereocenters. The van der Waals surface area contributed by atoms with Crippen LogP contribution < -0.4 is 5.11 Å². The van der Waals surface area contributed by atoms with Gasteiger partial charge in [0.1, 0.15) is 0 Å². The number of rotatable bonds is 1. The van der Waals surface area contributed by atoms with Crippen LogP contribution >= 0.6 is 0 Å². The van der Waals surface area contributed by atoms with Gasteiger partial charge in [-0.15, -0.1) is 0 Å². The Balaban J connectivity index is 4.46. The lowest BCUT2D eigenvalue weighted by atomic mass is 10.4. The zero-order chi connectivity index (χ0) is 6.57. The molecular formula is C3HN3O2. The molecule has 8 heavy (non-hydrogen) atoms. The van der Waals surface area contributed by atoms with E-state index >= 15 is 0 Å². The molecule has 0 aromatic heterocycles. The van der Waals surface area contributed by atoms with Gasteiger partial charge in [0, 0.05) is 0 Å². The van der Waals surface area contributed by atoms with Gasteiger partial charge in [0.15, 0.2) is 12.0 Å². The van der Waals surface area contributed by atoms with Crippen molar-refractivity contribution >= 4 is 11.7 Å². The molecule has 0 spiro atoms. The Hall–Kier alpha value is -1.66. The summed E-state index contributed by atoms with van der Waals surface area (Å²) in [5.41, 5.74) is 5.12. The fourth-order valence-corrected chi connectivity index (χ4v) is 0.116. The predicted molar refractivity (Wildman–Crippen MR) is 18.6 cm³/mol. The SMILES string of the molecule is N#CC(=[N+]=N)C(=O)[O-]. The smallest absolute Gasteiger partial charge is 0.463 e. The van der Waals surface area contributed by atoms with Crippen LogP contribution in [0.4, 0.5) is 0 Å². The minimum atomic E-state index is -1.72. The molecule has 0 saturated carbocycles. The summed E-state index contributed by atoms with van der Waals surface area (Å²) in [7, 11) is 0. The standard InChI is InChI=1S/C3HN3O2/c4-1-2(6-5)3(7)8/h5H. The number of carbonyl (C=O) groups is 1. The Labute approximate surface area is 44.4 Å². The number of aliphatic carboxylic acids is 1. The minimum Gasteiger partial charge on any atom is -0.538 e. The van der Waals surface area contributed by atoms with E-state index in [0.29, 0.717) is 0 Å². The van der Waals surface area contributed by atoms with Crippen molar-refractivity contribution in [2.75, 3.05) is 0 Å². The fourth-order valence-electron chi connectivity index (χ4n) is 0.116. The van der Waals surface area contributed by atoms with Gasteiger partial charge in [0.25, 0.3) is 0 Å². The third kappa shape index (κ3) is 1.20. The van der Waals surface area contributed by atoms with Crippen LogP contribution in [0, 0.1) is 16.9 Å². The Morgan fingerprint density at radius 2 is 2.38 bits per heavy atom. The highest BCUT2D eigenvalue weighted by Crippen LogP contribution is 1.59. The maximum Gasteiger partial charge on any atom is 0.463 e. The first-order valence-electron chi connectivity index (χ1n) is 1.58. The molecule has 0 bridgehead atoms. The normalized spacial score (nSPS) is 6.38. The van der Waals surface area contributed by atoms with Gasteiger partial charge < -0.3 is 9.90 Å². The van der Waals surface area contributed by atoms with Crippen LogP contribution in [-0.2, 0) is 4.79 Å². The Morgan fingerprint density at radius 3 is 2.38 bits per heavy atom. The molecule has 0 aromatic carbocycles. The van der Waals surface area contributed by atoms with Crippen molar-refractivity contribution in [2.24, 2.45) is 0 Å². The molecule has 0 aromatic rings. The Morgan fingerprint density at radius 1 is 1.88 bits per heavy atom. The van der Waals surface area contributed by atoms with E-state index in [4.69, 9.17) is 10.8 Å². The summed E-state index contributed by atoms with van der Waals surface area (Å²) >= 11 is 0. The molecule has 5 nitrogen and oxygen atoms in total. The van der Waals surface area contributed by atoms with Crippen LogP contribution in [0.3, 0.4) is 0 Å². The molecular weight excluding hydrogens is 110 g/mol. The lowest BCUT2D eigenvalue weighted by Gasteiger charge is -1.78. The highest BCUT2D eigenvalue weighted by Gasteiger charge is 2.08. The van der Waals surface area contributed by atoms with Crippen molar-refractivity contribution < 1.29 is 14.7 Å². The third-order valence-corrected chi connectivity index (χ3v) is 0.411. The van der Waals surface area contributed by atoms with Crippen LogP contribution in [0.15, 0.2) is 0 Å². The molecule has 0 unspecified atom stereocenters. The summed E-state index contributed by atoms with van der Waals surface area (Å²) in [5.74, 6) is -1.72. The van der Waals surface area contributed by atoms with Crippen LogP contribution in [-0.4, -0.2) is 16.5 Å². The quantitative estimate of drug-likeness (QED) is 0.239. The van der Waals surface area contributed by atoms with Gasteiger partial charge in [0.05, 0.1) is 10.3 Å². The highest BCUT2D eigenvalue weighted by atomic mass is 16.4. The molecule has 1 N–H and O–H groups in total. The van der Waals surface area contributed by atoms with Crippen molar-refractivity contribution in [3.63, 3.8) is 0 Å².